The van der Waals surface area contributed by atoms with E-state index < -0.39 is 0 Å². The van der Waals surface area contributed by atoms with Crippen LogP contribution in [0.15, 0.2) is 36.5 Å². The second-order valence-electron chi connectivity index (χ2n) is 7.96. The van der Waals surface area contributed by atoms with Crippen molar-refractivity contribution >= 4 is 22.6 Å². The summed E-state index contributed by atoms with van der Waals surface area (Å²) in [4.78, 5) is 25.4. The van der Waals surface area contributed by atoms with Crippen LogP contribution in [-0.4, -0.2) is 27.9 Å². The summed E-state index contributed by atoms with van der Waals surface area (Å²) in [6, 6.07) is 10.1. The monoisotopic (exact) mass is 375 g/mol. The van der Waals surface area contributed by atoms with E-state index in [1.165, 1.54) is 10.9 Å². The molecule has 2 aliphatic rings. The Morgan fingerprint density at radius 2 is 2.04 bits per heavy atom. The molecule has 28 heavy (non-hydrogen) atoms. The van der Waals surface area contributed by atoms with Crippen LogP contribution in [0.1, 0.15) is 54.7 Å². The van der Waals surface area contributed by atoms with Crippen LogP contribution in [0.4, 0.5) is 5.82 Å². The minimum Gasteiger partial charge on any atom is -0.373 e. The molecule has 6 heteroatoms. The average molecular weight is 375 g/mol. The first kappa shape index (κ1) is 17.2. The third-order valence-corrected chi connectivity index (χ3v) is 5.68. The number of para-hydroxylation sites is 1. The number of fused-ring (bicyclic) bond motifs is 1. The Bertz CT molecular complexity index is 1020. The van der Waals surface area contributed by atoms with Crippen LogP contribution in [0.5, 0.6) is 0 Å². The lowest BCUT2D eigenvalue weighted by Gasteiger charge is -2.20. The molecule has 2 aliphatic carbocycles. The highest BCUT2D eigenvalue weighted by Gasteiger charge is 2.33. The number of nitrogens with zero attached hydrogens (tertiary/aromatic N) is 2. The second-order valence-corrected chi connectivity index (χ2v) is 7.96. The van der Waals surface area contributed by atoms with E-state index in [-0.39, 0.29) is 17.9 Å². The highest BCUT2D eigenvalue weighted by molar-refractivity contribution is 5.84. The molecule has 0 saturated heterocycles. The molecule has 5 rings (SSSR count). The molecular weight excluding hydrogens is 350 g/mol. The molecule has 2 saturated carbocycles. The number of hydrogen-bond acceptors (Lipinski definition) is 4. The van der Waals surface area contributed by atoms with Crippen LogP contribution in [0, 0.1) is 5.92 Å². The van der Waals surface area contributed by atoms with Gasteiger partial charge in [0.05, 0.1) is 11.7 Å². The molecule has 3 aromatic rings. The third kappa shape index (κ3) is 3.46. The molecule has 0 aliphatic heterocycles. The number of hydrogen-bond donors (Lipinski definition) is 3. The topological polar surface area (TPSA) is 82.7 Å². The van der Waals surface area contributed by atoms with Gasteiger partial charge in [0.25, 0.3) is 0 Å². The standard InChI is InChI=1S/C22H25N5O/c1-23-20-11-19(25-21(27-20)13-6-7-13)18(26-22(28)14-8-9-14)10-15-12-24-17-5-3-2-4-16(15)17/h2-5,11-14,18,24H,6-10H2,1H3,(H,26,28)(H,23,25,27). The summed E-state index contributed by atoms with van der Waals surface area (Å²) in [5, 5.41) is 7.61. The first-order chi connectivity index (χ1) is 13.7. The summed E-state index contributed by atoms with van der Waals surface area (Å²) in [6.45, 7) is 0. The number of aromatic amines is 1. The first-order valence-corrected chi connectivity index (χ1v) is 10.1. The van der Waals surface area contributed by atoms with Crippen LogP contribution in [0.25, 0.3) is 10.9 Å². The van der Waals surface area contributed by atoms with E-state index >= 15 is 0 Å². The zero-order chi connectivity index (χ0) is 19.1. The number of anilines is 1. The van der Waals surface area contributed by atoms with E-state index in [1.807, 2.05) is 31.4 Å². The molecule has 2 heterocycles. The van der Waals surface area contributed by atoms with Gasteiger partial charge in [0.1, 0.15) is 11.6 Å². The fraction of sp³-hybridized carbons (Fsp3) is 0.409. The lowest BCUT2D eigenvalue weighted by molar-refractivity contribution is -0.123. The van der Waals surface area contributed by atoms with E-state index in [0.29, 0.717) is 12.3 Å². The molecule has 1 aromatic carbocycles. The molecule has 1 atom stereocenters. The lowest BCUT2D eigenvalue weighted by atomic mass is 10.0. The van der Waals surface area contributed by atoms with Crippen molar-refractivity contribution in [3.05, 3.63) is 53.6 Å². The molecule has 0 spiro atoms. The van der Waals surface area contributed by atoms with Gasteiger partial charge in [-0.05, 0) is 37.3 Å². The lowest BCUT2D eigenvalue weighted by Crippen LogP contribution is -2.32. The van der Waals surface area contributed by atoms with Crippen molar-refractivity contribution in [2.45, 2.75) is 44.1 Å². The van der Waals surface area contributed by atoms with Crippen LogP contribution in [-0.2, 0) is 11.2 Å². The number of carbonyl (C=O) groups excluding carboxylic acids is 1. The highest BCUT2D eigenvalue weighted by atomic mass is 16.2. The van der Waals surface area contributed by atoms with Crippen molar-refractivity contribution in [1.82, 2.24) is 20.3 Å². The molecule has 3 N–H and O–H groups in total. The van der Waals surface area contributed by atoms with Gasteiger partial charge in [-0.2, -0.15) is 0 Å². The summed E-state index contributed by atoms with van der Waals surface area (Å²) in [6.07, 6.45) is 7.02. The number of H-pyrrole nitrogens is 1. The van der Waals surface area contributed by atoms with Crippen molar-refractivity contribution in [2.24, 2.45) is 5.92 Å². The fourth-order valence-electron chi connectivity index (χ4n) is 3.70. The van der Waals surface area contributed by atoms with E-state index in [0.717, 1.165) is 48.5 Å². The Balaban J connectivity index is 1.50. The maximum absolute atomic E-state index is 12.6. The largest absolute Gasteiger partial charge is 0.373 e. The third-order valence-electron chi connectivity index (χ3n) is 5.68. The quantitative estimate of drug-likeness (QED) is 0.588. The molecular formula is C22H25N5O. The molecule has 6 nitrogen and oxygen atoms in total. The van der Waals surface area contributed by atoms with E-state index in [9.17, 15) is 4.79 Å². The average Bonchev–Trinajstić information content (AvgIpc) is 3.64. The summed E-state index contributed by atoms with van der Waals surface area (Å²) in [7, 11) is 1.88. The SMILES string of the molecule is CNc1cc(C(Cc2c[nH]c3ccccc23)NC(=O)C2CC2)nc(C2CC2)n1. The number of aromatic nitrogens is 3. The molecule has 0 radical (unpaired) electrons. The van der Waals surface area contributed by atoms with Gasteiger partial charge in [-0.1, -0.05) is 18.2 Å². The van der Waals surface area contributed by atoms with E-state index in [4.69, 9.17) is 4.98 Å². The number of nitrogens with one attached hydrogen (secondary N) is 3. The molecule has 0 bridgehead atoms. The van der Waals surface area contributed by atoms with Crippen molar-refractivity contribution in [2.75, 3.05) is 12.4 Å². The number of rotatable bonds is 7. The van der Waals surface area contributed by atoms with Crippen LogP contribution >= 0.6 is 0 Å². The number of amides is 1. The van der Waals surface area contributed by atoms with Crippen LogP contribution < -0.4 is 10.6 Å². The van der Waals surface area contributed by atoms with Gasteiger partial charge in [0, 0.05) is 48.5 Å². The predicted molar refractivity (Wildman–Crippen MR) is 109 cm³/mol. The van der Waals surface area contributed by atoms with Gasteiger partial charge in [-0.25, -0.2) is 9.97 Å². The van der Waals surface area contributed by atoms with Gasteiger partial charge in [-0.15, -0.1) is 0 Å². The van der Waals surface area contributed by atoms with Gasteiger partial charge in [0.15, 0.2) is 0 Å². The summed E-state index contributed by atoms with van der Waals surface area (Å²) in [5.74, 6) is 2.48. The Kier molecular flexibility index (Phi) is 4.26. The predicted octanol–water partition coefficient (Wildman–Crippen LogP) is 3.69. The van der Waals surface area contributed by atoms with Crippen molar-refractivity contribution in [3.63, 3.8) is 0 Å². The van der Waals surface area contributed by atoms with E-state index in [1.54, 1.807) is 0 Å². The normalized spacial score (nSPS) is 17.5. The smallest absolute Gasteiger partial charge is 0.223 e. The Labute approximate surface area is 164 Å². The maximum Gasteiger partial charge on any atom is 0.223 e. The number of carbonyl (C=O) groups is 1. The van der Waals surface area contributed by atoms with Crippen molar-refractivity contribution in [1.29, 1.82) is 0 Å². The zero-order valence-electron chi connectivity index (χ0n) is 16.0. The van der Waals surface area contributed by atoms with Gasteiger partial charge in [-0.3, -0.25) is 4.79 Å². The second kappa shape index (κ2) is 6.93. The molecule has 2 fully saturated rings. The minimum absolute atomic E-state index is 0.141. The van der Waals surface area contributed by atoms with Gasteiger partial charge < -0.3 is 15.6 Å². The first-order valence-electron chi connectivity index (χ1n) is 10.1. The maximum atomic E-state index is 12.6. The highest BCUT2D eigenvalue weighted by Crippen LogP contribution is 2.39. The summed E-state index contributed by atoms with van der Waals surface area (Å²) in [5.41, 5.74) is 3.19. The van der Waals surface area contributed by atoms with Gasteiger partial charge >= 0.3 is 0 Å². The molecule has 1 unspecified atom stereocenters. The van der Waals surface area contributed by atoms with E-state index in [2.05, 4.69) is 32.7 Å². The Morgan fingerprint density at radius 1 is 1.21 bits per heavy atom. The zero-order valence-corrected chi connectivity index (χ0v) is 16.0. The van der Waals surface area contributed by atoms with Crippen molar-refractivity contribution in [3.8, 4) is 0 Å². The van der Waals surface area contributed by atoms with Crippen molar-refractivity contribution < 1.29 is 4.79 Å². The van der Waals surface area contributed by atoms with Crippen LogP contribution in [0.2, 0.25) is 0 Å². The summed E-state index contributed by atoms with van der Waals surface area (Å²) >= 11 is 0. The summed E-state index contributed by atoms with van der Waals surface area (Å²) < 4.78 is 0. The Morgan fingerprint density at radius 3 is 2.79 bits per heavy atom. The molecule has 144 valence electrons. The number of benzene rings is 1. The molecule has 1 amide bonds. The Hall–Kier alpha value is -2.89. The fourth-order valence-corrected chi connectivity index (χ4v) is 3.70. The minimum atomic E-state index is -0.167. The van der Waals surface area contributed by atoms with Crippen LogP contribution in [0.3, 0.4) is 0 Å². The van der Waals surface area contributed by atoms with Gasteiger partial charge in [0.2, 0.25) is 5.91 Å². The molecule has 2 aromatic heterocycles.